The Morgan fingerprint density at radius 1 is 0.967 bits per heavy atom. The van der Waals surface area contributed by atoms with Gasteiger partial charge in [0.2, 0.25) is 5.95 Å². The van der Waals surface area contributed by atoms with Gasteiger partial charge in [-0.15, -0.1) is 0 Å². The average molecular weight is 526 g/mol. The van der Waals surface area contributed by atoms with Crippen molar-refractivity contribution >= 4 is 54.9 Å². The SMILES string of the molecule is BrCCOc1ccc(/C=N/Nc2nc(-c3ccccc3)c3cc(Br)ccc3n2)cc1. The number of hydrogen-bond acceptors (Lipinski definition) is 5. The number of alkyl halides is 1. The molecule has 0 spiro atoms. The molecule has 0 aliphatic heterocycles. The highest BCUT2D eigenvalue weighted by Crippen LogP contribution is 2.29. The molecule has 0 fully saturated rings. The zero-order valence-electron chi connectivity index (χ0n) is 15.9. The van der Waals surface area contributed by atoms with Gasteiger partial charge >= 0.3 is 0 Å². The van der Waals surface area contributed by atoms with E-state index in [1.165, 1.54) is 0 Å². The Morgan fingerprint density at radius 3 is 2.53 bits per heavy atom. The van der Waals surface area contributed by atoms with Crippen molar-refractivity contribution < 1.29 is 4.74 Å². The van der Waals surface area contributed by atoms with E-state index in [4.69, 9.17) is 9.72 Å². The quantitative estimate of drug-likeness (QED) is 0.175. The lowest BCUT2D eigenvalue weighted by Gasteiger charge is -2.09. The number of rotatable bonds is 7. The molecule has 0 unspecified atom stereocenters. The van der Waals surface area contributed by atoms with Crippen molar-refractivity contribution in [2.24, 2.45) is 5.10 Å². The van der Waals surface area contributed by atoms with Crippen LogP contribution in [0, 0.1) is 0 Å². The molecule has 1 N–H and O–H groups in total. The van der Waals surface area contributed by atoms with Gasteiger partial charge in [-0.1, -0.05) is 62.2 Å². The fourth-order valence-corrected chi connectivity index (χ4v) is 3.46. The summed E-state index contributed by atoms with van der Waals surface area (Å²) in [4.78, 5) is 9.31. The number of hydrazone groups is 1. The van der Waals surface area contributed by atoms with Crippen molar-refractivity contribution in [3.8, 4) is 17.0 Å². The largest absolute Gasteiger partial charge is 0.493 e. The number of fused-ring (bicyclic) bond motifs is 1. The Kier molecular flexibility index (Phi) is 6.71. The highest BCUT2D eigenvalue weighted by Gasteiger charge is 2.10. The molecule has 0 aliphatic carbocycles. The first-order valence-electron chi connectivity index (χ1n) is 9.33. The molecule has 3 aromatic carbocycles. The summed E-state index contributed by atoms with van der Waals surface area (Å²) >= 11 is 6.89. The predicted octanol–water partition coefficient (Wildman–Crippen LogP) is 6.28. The maximum absolute atomic E-state index is 5.56. The van der Waals surface area contributed by atoms with Crippen molar-refractivity contribution in [1.82, 2.24) is 9.97 Å². The second-order valence-electron chi connectivity index (χ2n) is 6.40. The van der Waals surface area contributed by atoms with Gasteiger partial charge in [0, 0.05) is 20.8 Å². The summed E-state index contributed by atoms with van der Waals surface area (Å²) in [5, 5.41) is 6.08. The minimum Gasteiger partial charge on any atom is -0.493 e. The fraction of sp³-hybridized carbons (Fsp3) is 0.0870. The van der Waals surface area contributed by atoms with Crippen LogP contribution in [0.5, 0.6) is 5.75 Å². The molecule has 5 nitrogen and oxygen atoms in total. The van der Waals surface area contributed by atoms with Crippen molar-refractivity contribution in [2.45, 2.75) is 0 Å². The normalized spacial score (nSPS) is 11.1. The first kappa shape index (κ1) is 20.5. The second-order valence-corrected chi connectivity index (χ2v) is 8.11. The van der Waals surface area contributed by atoms with E-state index in [-0.39, 0.29) is 0 Å². The number of ether oxygens (including phenoxy) is 1. The van der Waals surface area contributed by atoms with E-state index in [2.05, 4.69) is 47.4 Å². The number of nitrogens with one attached hydrogen (secondary N) is 1. The maximum atomic E-state index is 5.56. The van der Waals surface area contributed by atoms with Crippen LogP contribution in [0.3, 0.4) is 0 Å². The Labute approximate surface area is 191 Å². The molecule has 1 aromatic heterocycles. The molecule has 0 bridgehead atoms. The van der Waals surface area contributed by atoms with Crippen LogP contribution in [0.4, 0.5) is 5.95 Å². The highest BCUT2D eigenvalue weighted by molar-refractivity contribution is 9.10. The van der Waals surface area contributed by atoms with Gasteiger partial charge in [-0.05, 0) is 48.0 Å². The number of anilines is 1. The van der Waals surface area contributed by atoms with E-state index in [1.807, 2.05) is 72.8 Å². The Balaban J connectivity index is 1.58. The van der Waals surface area contributed by atoms with Gasteiger partial charge in [-0.2, -0.15) is 5.10 Å². The number of aromatic nitrogens is 2. The Hall–Kier alpha value is -2.77. The summed E-state index contributed by atoms with van der Waals surface area (Å²) in [6.07, 6.45) is 1.73. The van der Waals surface area contributed by atoms with Crippen LogP contribution < -0.4 is 10.2 Å². The number of hydrogen-bond donors (Lipinski definition) is 1. The van der Waals surface area contributed by atoms with Gasteiger partial charge in [-0.25, -0.2) is 15.4 Å². The van der Waals surface area contributed by atoms with Gasteiger partial charge in [0.15, 0.2) is 0 Å². The molecule has 30 heavy (non-hydrogen) atoms. The maximum Gasteiger partial charge on any atom is 0.244 e. The van der Waals surface area contributed by atoms with Gasteiger partial charge < -0.3 is 4.74 Å². The first-order valence-corrected chi connectivity index (χ1v) is 11.2. The van der Waals surface area contributed by atoms with Crippen LogP contribution in [-0.2, 0) is 0 Å². The van der Waals surface area contributed by atoms with Crippen LogP contribution in [0.25, 0.3) is 22.2 Å². The molecule has 0 atom stereocenters. The van der Waals surface area contributed by atoms with Crippen LogP contribution >= 0.6 is 31.9 Å². The van der Waals surface area contributed by atoms with Crippen molar-refractivity contribution in [2.75, 3.05) is 17.4 Å². The van der Waals surface area contributed by atoms with Gasteiger partial charge in [-0.3, -0.25) is 0 Å². The third-order valence-corrected chi connectivity index (χ3v) is 5.13. The predicted molar refractivity (Wildman–Crippen MR) is 130 cm³/mol. The second kappa shape index (κ2) is 9.82. The zero-order valence-corrected chi connectivity index (χ0v) is 19.1. The molecule has 1 heterocycles. The minimum atomic E-state index is 0.442. The number of benzene rings is 3. The fourth-order valence-electron chi connectivity index (χ4n) is 2.94. The zero-order chi connectivity index (χ0) is 20.8. The summed E-state index contributed by atoms with van der Waals surface area (Å²) in [5.74, 6) is 1.27. The molecule has 7 heteroatoms. The number of halogens is 2. The average Bonchev–Trinajstić information content (AvgIpc) is 2.79. The molecule has 0 radical (unpaired) electrons. The van der Waals surface area contributed by atoms with Gasteiger partial charge in [0.05, 0.1) is 24.0 Å². The third kappa shape index (κ3) is 5.04. The van der Waals surface area contributed by atoms with Crippen LogP contribution in [-0.4, -0.2) is 28.1 Å². The summed E-state index contributed by atoms with van der Waals surface area (Å²) in [7, 11) is 0. The van der Waals surface area contributed by atoms with Gasteiger partial charge in [0.25, 0.3) is 0 Å². The van der Waals surface area contributed by atoms with Crippen molar-refractivity contribution in [3.63, 3.8) is 0 Å². The Bertz CT molecular complexity index is 1170. The van der Waals surface area contributed by atoms with Crippen LogP contribution in [0.15, 0.2) is 82.4 Å². The Morgan fingerprint density at radius 2 is 1.77 bits per heavy atom. The smallest absolute Gasteiger partial charge is 0.244 e. The minimum absolute atomic E-state index is 0.442. The molecular weight excluding hydrogens is 508 g/mol. The van der Waals surface area contributed by atoms with Gasteiger partial charge in [0.1, 0.15) is 5.75 Å². The third-order valence-electron chi connectivity index (χ3n) is 4.31. The van der Waals surface area contributed by atoms with Crippen molar-refractivity contribution in [3.05, 3.63) is 82.8 Å². The summed E-state index contributed by atoms with van der Waals surface area (Å²) in [5.41, 5.74) is 6.63. The number of nitrogens with zero attached hydrogens (tertiary/aromatic N) is 3. The van der Waals surface area contributed by atoms with E-state index >= 15 is 0 Å². The summed E-state index contributed by atoms with van der Waals surface area (Å²) in [6, 6.07) is 23.8. The highest BCUT2D eigenvalue weighted by atomic mass is 79.9. The van der Waals surface area contributed by atoms with E-state index in [1.54, 1.807) is 6.21 Å². The molecule has 0 aliphatic rings. The lowest BCUT2D eigenvalue weighted by atomic mass is 10.1. The van der Waals surface area contributed by atoms with Crippen LogP contribution in [0.2, 0.25) is 0 Å². The summed E-state index contributed by atoms with van der Waals surface area (Å²) in [6.45, 7) is 0.634. The standard InChI is InChI=1S/C23H18Br2N4O/c24-12-13-30-19-9-6-16(7-10-19)15-26-29-23-27-21-11-8-18(25)14-20(21)22(28-23)17-4-2-1-3-5-17/h1-11,14-15H,12-13H2,(H,27,28,29)/b26-15+. The summed E-state index contributed by atoms with van der Waals surface area (Å²) < 4.78 is 6.54. The van der Waals surface area contributed by atoms with E-state index < -0.39 is 0 Å². The van der Waals surface area contributed by atoms with E-state index in [0.29, 0.717) is 12.6 Å². The van der Waals surface area contributed by atoms with Crippen molar-refractivity contribution in [1.29, 1.82) is 0 Å². The molecular formula is C23H18Br2N4O. The van der Waals surface area contributed by atoms with Crippen LogP contribution in [0.1, 0.15) is 5.56 Å². The monoisotopic (exact) mass is 524 g/mol. The molecule has 0 amide bonds. The van der Waals surface area contributed by atoms with E-state index in [0.717, 1.165) is 43.3 Å². The molecule has 0 saturated heterocycles. The molecule has 150 valence electrons. The van der Waals surface area contributed by atoms with E-state index in [9.17, 15) is 0 Å². The molecule has 0 saturated carbocycles. The first-order chi connectivity index (χ1) is 14.7. The topological polar surface area (TPSA) is 59.4 Å². The molecule has 4 rings (SSSR count). The lowest BCUT2D eigenvalue weighted by molar-refractivity contribution is 0.345. The lowest BCUT2D eigenvalue weighted by Crippen LogP contribution is -2.00. The molecule has 4 aromatic rings.